The maximum absolute atomic E-state index is 5.47. The fourth-order valence-electron chi connectivity index (χ4n) is 1.44. The smallest absolute Gasteiger partial charge is 0.157 e. The Bertz CT molecular complexity index is 229. The van der Waals surface area contributed by atoms with Gasteiger partial charge < -0.3 is 10.1 Å². The minimum Gasteiger partial charge on any atom is -0.380 e. The van der Waals surface area contributed by atoms with Gasteiger partial charge in [0, 0.05) is 17.9 Å². The van der Waals surface area contributed by atoms with E-state index < -0.39 is 0 Å². The molecule has 1 aliphatic heterocycles. The average molecular weight is 244 g/mol. The molecular formula is C12H24N2OS. The quantitative estimate of drug-likeness (QED) is 0.729. The van der Waals surface area contributed by atoms with Gasteiger partial charge in [0.15, 0.2) is 5.17 Å². The molecule has 1 rings (SSSR count). The van der Waals surface area contributed by atoms with Crippen molar-refractivity contribution in [2.75, 3.05) is 25.5 Å². The van der Waals surface area contributed by atoms with E-state index in [1.807, 2.05) is 11.8 Å². The first-order valence-corrected chi connectivity index (χ1v) is 7.16. The topological polar surface area (TPSA) is 33.6 Å². The highest BCUT2D eigenvalue weighted by atomic mass is 32.2. The van der Waals surface area contributed by atoms with Gasteiger partial charge in [0.05, 0.1) is 13.2 Å². The van der Waals surface area contributed by atoms with Crippen LogP contribution in [0.25, 0.3) is 0 Å². The Kier molecular flexibility index (Phi) is 6.21. The van der Waals surface area contributed by atoms with Crippen LogP contribution in [0.4, 0.5) is 0 Å². The predicted molar refractivity (Wildman–Crippen MR) is 72.3 cm³/mol. The number of nitrogens with one attached hydrogen (secondary N) is 1. The molecule has 1 aliphatic rings. The number of amidine groups is 1. The van der Waals surface area contributed by atoms with Crippen LogP contribution >= 0.6 is 11.8 Å². The first kappa shape index (κ1) is 13.8. The van der Waals surface area contributed by atoms with Crippen molar-refractivity contribution in [1.29, 1.82) is 0 Å². The molecule has 0 aliphatic carbocycles. The summed E-state index contributed by atoms with van der Waals surface area (Å²) in [6.07, 6.45) is 3.54. The summed E-state index contributed by atoms with van der Waals surface area (Å²) < 4.78 is 5.47. The molecule has 0 amide bonds. The highest BCUT2D eigenvalue weighted by Gasteiger charge is 2.23. The summed E-state index contributed by atoms with van der Waals surface area (Å²) in [4.78, 5) is 4.52. The van der Waals surface area contributed by atoms with Crippen LogP contribution in [0.15, 0.2) is 4.99 Å². The van der Waals surface area contributed by atoms with Crippen molar-refractivity contribution in [3.05, 3.63) is 0 Å². The highest BCUT2D eigenvalue weighted by Crippen LogP contribution is 2.21. The SMILES string of the molecule is CCCCOCCN=C1NC(C)(C)CCS1. The monoisotopic (exact) mass is 244 g/mol. The van der Waals surface area contributed by atoms with Crippen molar-refractivity contribution in [1.82, 2.24) is 5.32 Å². The van der Waals surface area contributed by atoms with Gasteiger partial charge in [0.25, 0.3) is 0 Å². The fraction of sp³-hybridized carbons (Fsp3) is 0.917. The number of ether oxygens (including phenoxy) is 1. The maximum Gasteiger partial charge on any atom is 0.157 e. The molecule has 0 atom stereocenters. The summed E-state index contributed by atoms with van der Waals surface area (Å²) in [6, 6.07) is 0. The lowest BCUT2D eigenvalue weighted by Gasteiger charge is -2.32. The van der Waals surface area contributed by atoms with Gasteiger partial charge in [-0.05, 0) is 26.7 Å². The van der Waals surface area contributed by atoms with E-state index in [1.165, 1.54) is 12.8 Å². The van der Waals surface area contributed by atoms with Crippen molar-refractivity contribution in [3.8, 4) is 0 Å². The van der Waals surface area contributed by atoms with Gasteiger partial charge >= 0.3 is 0 Å². The van der Waals surface area contributed by atoms with E-state index in [2.05, 4.69) is 31.1 Å². The minimum atomic E-state index is 0.202. The normalized spacial score (nSPS) is 22.1. The highest BCUT2D eigenvalue weighted by molar-refractivity contribution is 8.13. The molecule has 0 aromatic carbocycles. The second-order valence-electron chi connectivity index (χ2n) is 4.76. The van der Waals surface area contributed by atoms with Crippen molar-refractivity contribution in [2.24, 2.45) is 4.99 Å². The van der Waals surface area contributed by atoms with Crippen LogP contribution in [0, 0.1) is 0 Å². The lowest BCUT2D eigenvalue weighted by Crippen LogP contribution is -2.46. The Morgan fingerprint density at radius 1 is 1.44 bits per heavy atom. The van der Waals surface area contributed by atoms with Gasteiger partial charge in [0.2, 0.25) is 0 Å². The Labute approximate surface area is 103 Å². The molecule has 3 nitrogen and oxygen atoms in total. The lowest BCUT2D eigenvalue weighted by molar-refractivity contribution is 0.139. The number of nitrogens with zero attached hydrogens (tertiary/aromatic N) is 1. The molecule has 0 bridgehead atoms. The third-order valence-electron chi connectivity index (χ3n) is 2.54. The molecule has 0 aromatic rings. The van der Waals surface area contributed by atoms with Gasteiger partial charge in [-0.15, -0.1) is 0 Å². The van der Waals surface area contributed by atoms with E-state index in [0.29, 0.717) is 0 Å². The molecule has 1 N–H and O–H groups in total. The Morgan fingerprint density at radius 3 is 2.94 bits per heavy atom. The van der Waals surface area contributed by atoms with E-state index in [0.717, 1.165) is 37.1 Å². The van der Waals surface area contributed by atoms with Crippen LogP contribution in [0.5, 0.6) is 0 Å². The van der Waals surface area contributed by atoms with E-state index in [4.69, 9.17) is 4.74 Å². The average Bonchev–Trinajstić information content (AvgIpc) is 2.22. The summed E-state index contributed by atoms with van der Waals surface area (Å²) in [5.41, 5.74) is 0.202. The molecular weight excluding hydrogens is 220 g/mol. The second kappa shape index (κ2) is 7.17. The summed E-state index contributed by atoms with van der Waals surface area (Å²) in [6.45, 7) is 9.00. The van der Waals surface area contributed by atoms with Crippen molar-refractivity contribution in [2.45, 2.75) is 45.6 Å². The fourth-order valence-corrected chi connectivity index (χ4v) is 2.77. The standard InChI is InChI=1S/C12H24N2OS/c1-4-5-8-15-9-7-13-11-14-12(2,3)6-10-16-11/h4-10H2,1-3H3,(H,13,14). The number of thioether (sulfide) groups is 1. The summed E-state index contributed by atoms with van der Waals surface area (Å²) in [5, 5.41) is 4.53. The number of hydrogen-bond acceptors (Lipinski definition) is 3. The third-order valence-corrected chi connectivity index (χ3v) is 3.46. The Hall–Kier alpha value is -0.220. The predicted octanol–water partition coefficient (Wildman–Crippen LogP) is 2.66. The molecule has 0 spiro atoms. The molecule has 0 saturated carbocycles. The zero-order valence-corrected chi connectivity index (χ0v) is 11.5. The molecule has 16 heavy (non-hydrogen) atoms. The van der Waals surface area contributed by atoms with E-state index in [9.17, 15) is 0 Å². The van der Waals surface area contributed by atoms with E-state index in [-0.39, 0.29) is 5.54 Å². The van der Waals surface area contributed by atoms with Crippen molar-refractivity contribution < 1.29 is 4.74 Å². The molecule has 1 fully saturated rings. The molecule has 0 radical (unpaired) electrons. The van der Waals surface area contributed by atoms with Gasteiger partial charge in [0.1, 0.15) is 0 Å². The number of rotatable bonds is 6. The number of aliphatic imine (C=N–C) groups is 1. The number of unbranched alkanes of at least 4 members (excludes halogenated alkanes) is 1. The lowest BCUT2D eigenvalue weighted by atomic mass is 10.0. The van der Waals surface area contributed by atoms with Crippen LogP contribution < -0.4 is 5.32 Å². The molecule has 1 heterocycles. The third kappa shape index (κ3) is 5.75. The van der Waals surface area contributed by atoms with E-state index in [1.54, 1.807) is 0 Å². The van der Waals surface area contributed by atoms with E-state index >= 15 is 0 Å². The molecule has 1 saturated heterocycles. The van der Waals surface area contributed by atoms with Gasteiger partial charge in [-0.1, -0.05) is 25.1 Å². The van der Waals surface area contributed by atoms with Crippen molar-refractivity contribution in [3.63, 3.8) is 0 Å². The van der Waals surface area contributed by atoms with Gasteiger partial charge in [-0.25, -0.2) is 0 Å². The van der Waals surface area contributed by atoms with Crippen LogP contribution in [0.3, 0.4) is 0 Å². The van der Waals surface area contributed by atoms with Crippen LogP contribution in [-0.2, 0) is 4.74 Å². The molecule has 4 heteroatoms. The maximum atomic E-state index is 5.47. The zero-order chi connectivity index (χ0) is 11.9. The largest absolute Gasteiger partial charge is 0.380 e. The summed E-state index contributed by atoms with van der Waals surface area (Å²) in [5.74, 6) is 1.16. The summed E-state index contributed by atoms with van der Waals surface area (Å²) in [7, 11) is 0. The Morgan fingerprint density at radius 2 is 2.25 bits per heavy atom. The van der Waals surface area contributed by atoms with Crippen LogP contribution in [0.1, 0.15) is 40.0 Å². The van der Waals surface area contributed by atoms with Gasteiger partial charge in [-0.2, -0.15) is 0 Å². The Balaban J connectivity index is 2.14. The second-order valence-corrected chi connectivity index (χ2v) is 5.84. The molecule has 0 unspecified atom stereocenters. The zero-order valence-electron chi connectivity index (χ0n) is 10.7. The minimum absolute atomic E-state index is 0.202. The first-order chi connectivity index (χ1) is 7.64. The van der Waals surface area contributed by atoms with Crippen LogP contribution in [-0.4, -0.2) is 36.2 Å². The first-order valence-electron chi connectivity index (χ1n) is 6.17. The van der Waals surface area contributed by atoms with Gasteiger partial charge in [-0.3, -0.25) is 4.99 Å². The molecule has 0 aromatic heterocycles. The van der Waals surface area contributed by atoms with Crippen LogP contribution in [0.2, 0.25) is 0 Å². The molecule has 94 valence electrons. The number of hydrogen-bond donors (Lipinski definition) is 1. The van der Waals surface area contributed by atoms with Crippen molar-refractivity contribution >= 4 is 16.9 Å². The summed E-state index contributed by atoms with van der Waals surface area (Å²) >= 11 is 1.82.